The van der Waals surface area contributed by atoms with Crippen LogP contribution >= 0.6 is 0 Å². The van der Waals surface area contributed by atoms with Crippen LogP contribution in [0.4, 0.5) is 0 Å². The lowest BCUT2D eigenvalue weighted by Gasteiger charge is -2.18. The molecular weight excluding hydrogens is 376 g/mol. The molecule has 6 heteroatoms. The van der Waals surface area contributed by atoms with Crippen LogP contribution in [-0.2, 0) is 24.1 Å². The molecule has 2 aromatic heterocycles. The summed E-state index contributed by atoms with van der Waals surface area (Å²) in [6.45, 7) is 2.81. The third-order valence-corrected chi connectivity index (χ3v) is 5.97. The van der Waals surface area contributed by atoms with E-state index >= 15 is 0 Å². The van der Waals surface area contributed by atoms with E-state index in [1.807, 2.05) is 30.3 Å². The molecule has 1 aliphatic rings. The molecule has 2 heterocycles. The molecule has 0 saturated carbocycles. The number of nitrogens with zero attached hydrogens (tertiary/aromatic N) is 2. The van der Waals surface area contributed by atoms with E-state index in [1.165, 1.54) is 17.7 Å². The van der Waals surface area contributed by atoms with E-state index in [0.717, 1.165) is 29.4 Å². The Morgan fingerprint density at radius 2 is 2.10 bits per heavy atom. The summed E-state index contributed by atoms with van der Waals surface area (Å²) in [6.07, 6.45) is 5.66. The molecule has 30 heavy (non-hydrogen) atoms. The normalized spacial score (nSPS) is 15.6. The number of nitrogens with one attached hydrogen (secondary N) is 2. The molecule has 1 aromatic carbocycles. The molecule has 0 fully saturated rings. The smallest absolute Gasteiger partial charge is 0.253 e. The van der Waals surface area contributed by atoms with Gasteiger partial charge in [-0.2, -0.15) is 0 Å². The first-order chi connectivity index (χ1) is 14.5. The maximum absolute atomic E-state index is 12.8. The van der Waals surface area contributed by atoms with Crippen LogP contribution in [0.25, 0.3) is 10.9 Å². The Balaban J connectivity index is 1.39. The molecule has 2 N–H and O–H groups in total. The standard InChI is InChI=1S/C24H28N4O2/c1-16-9-10-21-20(14-16)18-7-5-8-19(23(18)27-21)24(30)26-15-22(29)28(2)13-11-17-6-3-4-12-25-17/h3-8,12,16,27H,9-11,13-15H2,1-2H3,(H,26,30). The number of hydrogen-bond acceptors (Lipinski definition) is 3. The SMILES string of the molecule is CC1CCc2[nH]c3c(C(=O)NCC(=O)N(C)CCc4ccccn4)cccc3c2C1. The van der Waals surface area contributed by atoms with Crippen molar-refractivity contribution in [1.29, 1.82) is 0 Å². The van der Waals surface area contributed by atoms with E-state index < -0.39 is 0 Å². The minimum atomic E-state index is -0.223. The third-order valence-electron chi connectivity index (χ3n) is 5.97. The molecule has 0 saturated heterocycles. The number of aromatic nitrogens is 2. The second-order valence-electron chi connectivity index (χ2n) is 8.23. The quantitative estimate of drug-likeness (QED) is 0.663. The molecule has 0 bridgehead atoms. The molecular formula is C24H28N4O2. The van der Waals surface area contributed by atoms with Gasteiger partial charge >= 0.3 is 0 Å². The molecule has 3 aromatic rings. The Hall–Kier alpha value is -3.15. The van der Waals surface area contributed by atoms with Crippen LogP contribution in [0.1, 0.15) is 40.7 Å². The number of amides is 2. The van der Waals surface area contributed by atoms with E-state index in [-0.39, 0.29) is 18.4 Å². The minimum Gasteiger partial charge on any atom is -0.358 e. The number of para-hydroxylation sites is 1. The van der Waals surface area contributed by atoms with Gasteiger partial charge in [-0.15, -0.1) is 0 Å². The summed E-state index contributed by atoms with van der Waals surface area (Å²) in [5.74, 6) is 0.318. The Morgan fingerprint density at radius 1 is 1.23 bits per heavy atom. The van der Waals surface area contributed by atoms with Crippen molar-refractivity contribution in [3.8, 4) is 0 Å². The highest BCUT2D eigenvalue weighted by Gasteiger charge is 2.22. The summed E-state index contributed by atoms with van der Waals surface area (Å²) in [5.41, 5.74) is 5.00. The van der Waals surface area contributed by atoms with E-state index in [4.69, 9.17) is 0 Å². The van der Waals surface area contributed by atoms with Gasteiger partial charge in [0.05, 0.1) is 17.6 Å². The Labute approximate surface area is 176 Å². The number of rotatable bonds is 6. The lowest BCUT2D eigenvalue weighted by Crippen LogP contribution is -2.39. The predicted molar refractivity (Wildman–Crippen MR) is 117 cm³/mol. The van der Waals surface area contributed by atoms with Crippen molar-refractivity contribution in [3.63, 3.8) is 0 Å². The number of benzene rings is 1. The van der Waals surface area contributed by atoms with Gasteiger partial charge in [0, 0.05) is 43.0 Å². The van der Waals surface area contributed by atoms with Gasteiger partial charge < -0.3 is 15.2 Å². The average molecular weight is 405 g/mol. The molecule has 0 spiro atoms. The molecule has 6 nitrogen and oxygen atoms in total. The predicted octanol–water partition coefficient (Wildman–Crippen LogP) is 3.12. The first-order valence-electron chi connectivity index (χ1n) is 10.6. The van der Waals surface area contributed by atoms with Gasteiger partial charge in [0.25, 0.3) is 5.91 Å². The van der Waals surface area contributed by atoms with Crippen LogP contribution in [0.2, 0.25) is 0 Å². The largest absolute Gasteiger partial charge is 0.358 e. The van der Waals surface area contributed by atoms with Crippen LogP contribution in [0.5, 0.6) is 0 Å². The van der Waals surface area contributed by atoms with Crippen molar-refractivity contribution in [1.82, 2.24) is 20.2 Å². The summed E-state index contributed by atoms with van der Waals surface area (Å²) in [5, 5.41) is 3.92. The van der Waals surface area contributed by atoms with Gasteiger partial charge in [-0.05, 0) is 48.9 Å². The maximum Gasteiger partial charge on any atom is 0.253 e. The van der Waals surface area contributed by atoms with Crippen molar-refractivity contribution in [2.45, 2.75) is 32.6 Å². The topological polar surface area (TPSA) is 78.1 Å². The van der Waals surface area contributed by atoms with Gasteiger partial charge in [0.2, 0.25) is 5.91 Å². The molecule has 4 rings (SSSR count). The number of carbonyl (C=O) groups is 2. The van der Waals surface area contributed by atoms with E-state index in [1.54, 1.807) is 18.1 Å². The van der Waals surface area contributed by atoms with E-state index in [9.17, 15) is 9.59 Å². The summed E-state index contributed by atoms with van der Waals surface area (Å²) < 4.78 is 0. The highest BCUT2D eigenvalue weighted by atomic mass is 16.2. The zero-order valence-electron chi connectivity index (χ0n) is 17.6. The third kappa shape index (κ3) is 4.22. The van der Waals surface area contributed by atoms with Crippen LogP contribution in [0, 0.1) is 5.92 Å². The summed E-state index contributed by atoms with van der Waals surface area (Å²) in [6, 6.07) is 11.6. The lowest BCUT2D eigenvalue weighted by atomic mass is 9.87. The zero-order chi connectivity index (χ0) is 21.1. The fourth-order valence-corrected chi connectivity index (χ4v) is 4.14. The van der Waals surface area contributed by atoms with Gasteiger partial charge in [-0.25, -0.2) is 0 Å². The first kappa shape index (κ1) is 20.1. The fourth-order valence-electron chi connectivity index (χ4n) is 4.14. The van der Waals surface area contributed by atoms with Gasteiger partial charge in [-0.1, -0.05) is 25.1 Å². The number of hydrogen-bond donors (Lipinski definition) is 2. The van der Waals surface area contributed by atoms with E-state index in [0.29, 0.717) is 24.4 Å². The average Bonchev–Trinajstić information content (AvgIpc) is 3.14. The monoisotopic (exact) mass is 404 g/mol. The molecule has 1 unspecified atom stereocenters. The molecule has 2 amide bonds. The molecule has 1 atom stereocenters. The number of carbonyl (C=O) groups excluding carboxylic acids is 2. The van der Waals surface area contributed by atoms with E-state index in [2.05, 4.69) is 28.3 Å². The number of aromatic amines is 1. The van der Waals surface area contributed by atoms with Gasteiger partial charge in [-0.3, -0.25) is 14.6 Å². The van der Waals surface area contributed by atoms with Crippen molar-refractivity contribution in [2.75, 3.05) is 20.1 Å². The molecule has 0 aliphatic heterocycles. The number of fused-ring (bicyclic) bond motifs is 3. The Kier molecular flexibility index (Phi) is 5.84. The van der Waals surface area contributed by atoms with Crippen molar-refractivity contribution in [2.24, 2.45) is 5.92 Å². The van der Waals surface area contributed by atoms with Crippen molar-refractivity contribution < 1.29 is 9.59 Å². The van der Waals surface area contributed by atoms with Gasteiger partial charge in [0.15, 0.2) is 0 Å². The molecule has 1 aliphatic carbocycles. The van der Waals surface area contributed by atoms with Gasteiger partial charge in [0.1, 0.15) is 0 Å². The highest BCUT2D eigenvalue weighted by molar-refractivity contribution is 6.07. The summed E-state index contributed by atoms with van der Waals surface area (Å²) >= 11 is 0. The summed E-state index contributed by atoms with van der Waals surface area (Å²) in [7, 11) is 1.75. The van der Waals surface area contributed by atoms with Crippen molar-refractivity contribution >= 4 is 22.7 Å². The second-order valence-corrected chi connectivity index (χ2v) is 8.23. The van der Waals surface area contributed by atoms with Crippen LogP contribution in [0.15, 0.2) is 42.6 Å². The second kappa shape index (κ2) is 8.69. The number of pyridine rings is 1. The van der Waals surface area contributed by atoms with Crippen LogP contribution < -0.4 is 5.32 Å². The lowest BCUT2D eigenvalue weighted by molar-refractivity contribution is -0.128. The maximum atomic E-state index is 12.8. The summed E-state index contributed by atoms with van der Waals surface area (Å²) in [4.78, 5) is 34.6. The van der Waals surface area contributed by atoms with Crippen LogP contribution in [0.3, 0.4) is 0 Å². The van der Waals surface area contributed by atoms with Crippen LogP contribution in [-0.4, -0.2) is 46.8 Å². The number of likely N-dealkylation sites (N-methyl/N-ethyl adjacent to an activating group) is 1. The highest BCUT2D eigenvalue weighted by Crippen LogP contribution is 2.32. The number of aryl methyl sites for hydroxylation is 1. The van der Waals surface area contributed by atoms with Crippen molar-refractivity contribution in [3.05, 3.63) is 65.1 Å². The zero-order valence-corrected chi connectivity index (χ0v) is 17.6. The minimum absolute atomic E-state index is 0.0224. The Morgan fingerprint density at radius 3 is 2.90 bits per heavy atom. The number of H-pyrrole nitrogens is 1. The Bertz CT molecular complexity index is 1060. The molecule has 156 valence electrons. The fraction of sp³-hybridized carbons (Fsp3) is 0.375. The molecule has 0 radical (unpaired) electrons. The first-order valence-corrected chi connectivity index (χ1v) is 10.6.